The Kier molecular flexibility index (Phi) is 4.81. The number of piperidine rings is 1. The molecule has 3 nitrogen and oxygen atoms in total. The van der Waals surface area contributed by atoms with Crippen LogP contribution in [0.2, 0.25) is 0 Å². The lowest BCUT2D eigenvalue weighted by Gasteiger charge is -2.37. The fourth-order valence-corrected chi connectivity index (χ4v) is 3.63. The molecule has 0 bridgehead atoms. The third kappa shape index (κ3) is 3.56. The molecule has 0 radical (unpaired) electrons. The summed E-state index contributed by atoms with van der Waals surface area (Å²) in [6.07, 6.45) is 1.05. The molecule has 2 unspecified atom stereocenters. The molecule has 1 aromatic rings. The van der Waals surface area contributed by atoms with E-state index in [0.717, 1.165) is 26.1 Å². The van der Waals surface area contributed by atoms with Crippen molar-refractivity contribution in [3.05, 3.63) is 20.8 Å². The van der Waals surface area contributed by atoms with E-state index in [1.54, 1.807) is 18.3 Å². The molecule has 1 saturated heterocycles. The first-order chi connectivity index (χ1) is 8.56. The Balaban J connectivity index is 1.82. The Labute approximate surface area is 121 Å². The first kappa shape index (κ1) is 14.0. The molecule has 1 fully saturated rings. The van der Waals surface area contributed by atoms with Crippen molar-refractivity contribution in [2.75, 3.05) is 13.1 Å². The number of likely N-dealkylation sites (tertiary alicyclic amines) is 1. The number of nitrogens with zero attached hydrogens (tertiary/aromatic N) is 1. The van der Waals surface area contributed by atoms with Crippen molar-refractivity contribution in [2.24, 2.45) is 5.92 Å². The maximum Gasteiger partial charge on any atom is 0.219 e. The normalized spacial score (nSPS) is 24.3. The van der Waals surface area contributed by atoms with Crippen LogP contribution in [0.3, 0.4) is 0 Å². The van der Waals surface area contributed by atoms with Gasteiger partial charge in [-0.3, -0.25) is 4.79 Å². The summed E-state index contributed by atoms with van der Waals surface area (Å²) in [4.78, 5) is 13.3. The molecule has 1 N–H and O–H groups in total. The van der Waals surface area contributed by atoms with Crippen LogP contribution in [0.15, 0.2) is 15.2 Å². The van der Waals surface area contributed by atoms with Crippen molar-refractivity contribution in [3.63, 3.8) is 0 Å². The molecule has 2 heterocycles. The topological polar surface area (TPSA) is 32.3 Å². The van der Waals surface area contributed by atoms with Crippen LogP contribution in [0.5, 0.6) is 0 Å². The number of rotatable bonds is 3. The number of carbonyl (C=O) groups is 1. The minimum atomic E-state index is 0.196. The van der Waals surface area contributed by atoms with E-state index in [4.69, 9.17) is 0 Å². The molecule has 1 amide bonds. The number of amides is 1. The molecule has 1 aliphatic heterocycles. The summed E-state index contributed by atoms with van der Waals surface area (Å²) in [6.45, 7) is 6.54. The van der Waals surface area contributed by atoms with E-state index in [0.29, 0.717) is 12.0 Å². The molecule has 5 heteroatoms. The Morgan fingerprint density at radius 1 is 1.67 bits per heavy atom. The first-order valence-corrected chi connectivity index (χ1v) is 7.95. The lowest BCUT2D eigenvalue weighted by Crippen LogP contribution is -2.49. The fourth-order valence-electron chi connectivity index (χ4n) is 2.42. The fraction of sp³-hybridized carbons (Fsp3) is 0.615. The van der Waals surface area contributed by atoms with E-state index in [1.807, 2.05) is 4.90 Å². The highest BCUT2D eigenvalue weighted by Gasteiger charge is 2.26. The van der Waals surface area contributed by atoms with Crippen molar-refractivity contribution in [2.45, 2.75) is 32.9 Å². The van der Waals surface area contributed by atoms with Gasteiger partial charge in [-0.1, -0.05) is 6.92 Å². The summed E-state index contributed by atoms with van der Waals surface area (Å²) in [7, 11) is 0. The van der Waals surface area contributed by atoms with E-state index < -0.39 is 0 Å². The minimum absolute atomic E-state index is 0.196. The lowest BCUT2D eigenvalue weighted by atomic mass is 9.93. The third-order valence-electron chi connectivity index (χ3n) is 3.54. The van der Waals surface area contributed by atoms with Gasteiger partial charge in [0.25, 0.3) is 0 Å². The highest BCUT2D eigenvalue weighted by atomic mass is 79.9. The number of halogens is 1. The molecule has 1 aromatic heterocycles. The summed E-state index contributed by atoms with van der Waals surface area (Å²) in [5, 5.41) is 5.78. The smallest absolute Gasteiger partial charge is 0.219 e. The van der Waals surface area contributed by atoms with Crippen LogP contribution in [-0.2, 0) is 11.3 Å². The van der Waals surface area contributed by atoms with Gasteiger partial charge in [-0.15, -0.1) is 11.3 Å². The Morgan fingerprint density at radius 2 is 2.44 bits per heavy atom. The van der Waals surface area contributed by atoms with Crippen LogP contribution in [0.4, 0.5) is 0 Å². The lowest BCUT2D eigenvalue weighted by molar-refractivity contribution is -0.130. The first-order valence-electron chi connectivity index (χ1n) is 6.28. The number of thiophene rings is 1. The van der Waals surface area contributed by atoms with Gasteiger partial charge in [-0.2, -0.15) is 0 Å². The summed E-state index contributed by atoms with van der Waals surface area (Å²) in [5.41, 5.74) is 1.33. The summed E-state index contributed by atoms with van der Waals surface area (Å²) < 4.78 is 1.18. The molecule has 0 saturated carbocycles. The van der Waals surface area contributed by atoms with Crippen LogP contribution >= 0.6 is 27.3 Å². The molecule has 2 rings (SSSR count). The standard InChI is InChI=1S/C13H19BrN2OS/c1-9-7-16(10(2)17)4-3-12(9)15-6-11-5-13(14)18-8-11/h5,8-9,12,15H,3-4,6-7H2,1-2H3. The second kappa shape index (κ2) is 6.17. The van der Waals surface area contributed by atoms with Gasteiger partial charge in [0.1, 0.15) is 0 Å². The van der Waals surface area contributed by atoms with E-state index in [2.05, 4.69) is 39.6 Å². The number of hydrogen-bond acceptors (Lipinski definition) is 3. The maximum absolute atomic E-state index is 11.3. The predicted molar refractivity (Wildman–Crippen MR) is 78.7 cm³/mol. The average molecular weight is 331 g/mol. The molecule has 0 aliphatic carbocycles. The Bertz CT molecular complexity index is 421. The van der Waals surface area contributed by atoms with Gasteiger partial charge in [0.05, 0.1) is 3.79 Å². The molecule has 2 atom stereocenters. The SMILES string of the molecule is CC(=O)N1CCC(NCc2csc(Br)c2)C(C)C1. The highest BCUT2D eigenvalue weighted by Crippen LogP contribution is 2.22. The second-order valence-electron chi connectivity index (χ2n) is 4.98. The van der Waals surface area contributed by atoms with Crippen molar-refractivity contribution in [3.8, 4) is 0 Å². The van der Waals surface area contributed by atoms with Gasteiger partial charge in [-0.25, -0.2) is 0 Å². The highest BCUT2D eigenvalue weighted by molar-refractivity contribution is 9.11. The Hall–Kier alpha value is -0.390. The van der Waals surface area contributed by atoms with Crippen molar-refractivity contribution in [1.82, 2.24) is 10.2 Å². The number of carbonyl (C=O) groups excluding carboxylic acids is 1. The van der Waals surface area contributed by atoms with Crippen LogP contribution in [0.1, 0.15) is 25.8 Å². The number of hydrogen-bond donors (Lipinski definition) is 1. The summed E-state index contributed by atoms with van der Waals surface area (Å²) >= 11 is 5.20. The molecule has 100 valence electrons. The van der Waals surface area contributed by atoms with Gasteiger partial charge in [-0.05, 0) is 45.3 Å². The monoisotopic (exact) mass is 330 g/mol. The second-order valence-corrected chi connectivity index (χ2v) is 7.27. The van der Waals surface area contributed by atoms with Crippen molar-refractivity contribution >= 4 is 33.2 Å². The Morgan fingerprint density at radius 3 is 3.00 bits per heavy atom. The van der Waals surface area contributed by atoms with E-state index in [-0.39, 0.29) is 5.91 Å². The van der Waals surface area contributed by atoms with Crippen LogP contribution in [0.25, 0.3) is 0 Å². The predicted octanol–water partition coefficient (Wildman–Crippen LogP) is 2.86. The summed E-state index contributed by atoms with van der Waals surface area (Å²) in [5.74, 6) is 0.715. The molecule has 0 spiro atoms. The largest absolute Gasteiger partial charge is 0.343 e. The molecular formula is C13H19BrN2OS. The molecule has 18 heavy (non-hydrogen) atoms. The zero-order valence-electron chi connectivity index (χ0n) is 10.8. The van der Waals surface area contributed by atoms with Gasteiger partial charge in [0, 0.05) is 32.6 Å². The molecular weight excluding hydrogens is 312 g/mol. The van der Waals surface area contributed by atoms with Crippen molar-refractivity contribution < 1.29 is 4.79 Å². The number of nitrogens with one attached hydrogen (secondary N) is 1. The van der Waals surface area contributed by atoms with Crippen LogP contribution < -0.4 is 5.32 Å². The van der Waals surface area contributed by atoms with Crippen molar-refractivity contribution in [1.29, 1.82) is 0 Å². The van der Waals surface area contributed by atoms with Gasteiger partial charge in [0.2, 0.25) is 5.91 Å². The zero-order chi connectivity index (χ0) is 13.1. The quantitative estimate of drug-likeness (QED) is 0.924. The van der Waals surface area contributed by atoms with E-state index in [1.165, 1.54) is 9.35 Å². The van der Waals surface area contributed by atoms with Gasteiger partial charge < -0.3 is 10.2 Å². The van der Waals surface area contributed by atoms with Crippen LogP contribution in [-0.4, -0.2) is 29.9 Å². The zero-order valence-corrected chi connectivity index (χ0v) is 13.2. The molecule has 0 aromatic carbocycles. The summed E-state index contributed by atoms with van der Waals surface area (Å²) in [6, 6.07) is 2.67. The minimum Gasteiger partial charge on any atom is -0.343 e. The van der Waals surface area contributed by atoms with Gasteiger partial charge in [0.15, 0.2) is 0 Å². The van der Waals surface area contributed by atoms with E-state index >= 15 is 0 Å². The van der Waals surface area contributed by atoms with Gasteiger partial charge >= 0.3 is 0 Å². The average Bonchev–Trinajstić information content (AvgIpc) is 2.73. The third-order valence-corrected chi connectivity index (χ3v) is 5.09. The van der Waals surface area contributed by atoms with E-state index in [9.17, 15) is 4.79 Å². The maximum atomic E-state index is 11.3. The van der Waals surface area contributed by atoms with Crippen LogP contribution in [0, 0.1) is 5.92 Å². The molecule has 1 aliphatic rings.